The third kappa shape index (κ3) is 5.41. The Labute approximate surface area is 140 Å². The average molecular weight is 334 g/mol. The van der Waals surface area contributed by atoms with Crippen molar-refractivity contribution in [1.82, 2.24) is 15.5 Å². The number of carbonyl (C=O) groups excluding carboxylic acids is 1. The largest absolute Gasteiger partial charge is 0.376 e. The smallest absolute Gasteiger partial charge is 0.224 e. The minimum atomic E-state index is -0.0620. The maximum atomic E-state index is 11.9. The molecule has 1 aromatic carbocycles. The van der Waals surface area contributed by atoms with Crippen LogP contribution in [0.2, 0.25) is 5.02 Å². The van der Waals surface area contributed by atoms with Crippen LogP contribution in [0.4, 0.5) is 11.5 Å². The van der Waals surface area contributed by atoms with Crippen molar-refractivity contribution in [1.29, 1.82) is 0 Å². The molecule has 2 N–H and O–H groups in total. The highest BCUT2D eigenvalue weighted by Crippen LogP contribution is 2.15. The Hall–Kier alpha value is -2.34. The molecule has 23 heavy (non-hydrogen) atoms. The van der Waals surface area contributed by atoms with E-state index < -0.39 is 0 Å². The van der Waals surface area contributed by atoms with E-state index in [4.69, 9.17) is 11.6 Å². The molecular weight excluding hydrogens is 314 g/mol. The second kappa shape index (κ2) is 8.33. The van der Waals surface area contributed by atoms with Gasteiger partial charge in [0.15, 0.2) is 5.82 Å². The van der Waals surface area contributed by atoms with Crippen molar-refractivity contribution in [3.63, 3.8) is 0 Å². The first-order valence-corrected chi connectivity index (χ1v) is 7.68. The highest BCUT2D eigenvalue weighted by atomic mass is 35.5. The second-order valence-electron chi connectivity index (χ2n) is 5.24. The molecule has 6 nitrogen and oxygen atoms in total. The van der Waals surface area contributed by atoms with E-state index >= 15 is 0 Å². The number of amides is 1. The van der Waals surface area contributed by atoms with Gasteiger partial charge in [-0.3, -0.25) is 4.79 Å². The van der Waals surface area contributed by atoms with E-state index in [1.807, 2.05) is 43.3 Å². The first kappa shape index (κ1) is 17.0. The van der Waals surface area contributed by atoms with Crippen LogP contribution >= 0.6 is 11.6 Å². The normalized spacial score (nSPS) is 10.2. The molecule has 122 valence electrons. The molecule has 0 fully saturated rings. The highest BCUT2D eigenvalue weighted by molar-refractivity contribution is 6.31. The topological polar surface area (TPSA) is 70.2 Å². The molecule has 1 heterocycles. The van der Waals surface area contributed by atoms with E-state index in [-0.39, 0.29) is 12.3 Å². The molecule has 7 heteroatoms. The molecule has 1 aromatic heterocycles. The van der Waals surface area contributed by atoms with Gasteiger partial charge in [-0.05, 0) is 11.6 Å². The molecule has 1 amide bonds. The van der Waals surface area contributed by atoms with Crippen molar-refractivity contribution in [2.24, 2.45) is 0 Å². The summed E-state index contributed by atoms with van der Waals surface area (Å²) in [5.74, 6) is 0.615. The Bertz CT molecular complexity index is 662. The van der Waals surface area contributed by atoms with Crippen LogP contribution in [-0.2, 0) is 11.2 Å². The van der Waals surface area contributed by atoms with Gasteiger partial charge in [0.25, 0.3) is 0 Å². The van der Waals surface area contributed by atoms with Gasteiger partial charge in [0, 0.05) is 38.3 Å². The Morgan fingerprint density at radius 2 is 2.04 bits per heavy atom. The lowest BCUT2D eigenvalue weighted by Gasteiger charge is -2.13. The molecule has 0 aliphatic heterocycles. The van der Waals surface area contributed by atoms with Gasteiger partial charge in [-0.25, -0.2) is 0 Å². The Kier molecular flexibility index (Phi) is 6.17. The van der Waals surface area contributed by atoms with E-state index in [1.54, 1.807) is 12.3 Å². The summed E-state index contributed by atoms with van der Waals surface area (Å²) < 4.78 is 0. The predicted octanol–water partition coefficient (Wildman–Crippen LogP) is 1.97. The Morgan fingerprint density at radius 3 is 2.78 bits per heavy atom. The second-order valence-corrected chi connectivity index (χ2v) is 5.65. The van der Waals surface area contributed by atoms with Crippen molar-refractivity contribution in [3.05, 3.63) is 47.1 Å². The van der Waals surface area contributed by atoms with Gasteiger partial charge in [0.05, 0.1) is 18.3 Å². The molecule has 0 atom stereocenters. The van der Waals surface area contributed by atoms with Crippen molar-refractivity contribution < 1.29 is 4.79 Å². The van der Waals surface area contributed by atoms with Crippen LogP contribution in [0.1, 0.15) is 5.56 Å². The molecule has 0 aliphatic carbocycles. The standard InChI is InChI=1S/C16H20ClN5O/c1-22(2)13-10-15(21-20-11-13)18-7-8-19-16(23)9-12-5-3-4-6-14(12)17/h3-6,10-11H,7-9H2,1-2H3,(H,18,21)(H,19,23). The van der Waals surface area contributed by atoms with Crippen LogP contribution in [0.25, 0.3) is 0 Å². The third-order valence-corrected chi connectivity index (χ3v) is 3.59. The summed E-state index contributed by atoms with van der Waals surface area (Å²) in [7, 11) is 3.88. The number of rotatable bonds is 7. The van der Waals surface area contributed by atoms with E-state index in [1.165, 1.54) is 0 Å². The van der Waals surface area contributed by atoms with Crippen molar-refractivity contribution >= 4 is 29.0 Å². The van der Waals surface area contributed by atoms with Crippen LogP contribution < -0.4 is 15.5 Å². The van der Waals surface area contributed by atoms with E-state index in [2.05, 4.69) is 20.8 Å². The Balaban J connectivity index is 1.74. The van der Waals surface area contributed by atoms with Gasteiger partial charge >= 0.3 is 0 Å². The van der Waals surface area contributed by atoms with Gasteiger partial charge in [-0.15, -0.1) is 5.10 Å². The number of aromatic nitrogens is 2. The fourth-order valence-corrected chi connectivity index (χ4v) is 2.16. The number of nitrogens with zero attached hydrogens (tertiary/aromatic N) is 3. The number of hydrogen-bond acceptors (Lipinski definition) is 5. The van der Waals surface area contributed by atoms with Crippen molar-refractivity contribution in [2.45, 2.75) is 6.42 Å². The first-order chi connectivity index (χ1) is 11.1. The summed E-state index contributed by atoms with van der Waals surface area (Å²) in [6.45, 7) is 1.07. The number of halogens is 1. The van der Waals surface area contributed by atoms with Gasteiger partial charge in [-0.2, -0.15) is 5.10 Å². The lowest BCUT2D eigenvalue weighted by molar-refractivity contribution is -0.120. The van der Waals surface area contributed by atoms with Gasteiger partial charge in [-0.1, -0.05) is 29.8 Å². The minimum Gasteiger partial charge on any atom is -0.376 e. The van der Waals surface area contributed by atoms with E-state index in [9.17, 15) is 4.79 Å². The lowest BCUT2D eigenvalue weighted by Crippen LogP contribution is -2.30. The van der Waals surface area contributed by atoms with Gasteiger partial charge in [0.1, 0.15) is 0 Å². The van der Waals surface area contributed by atoms with Crippen LogP contribution in [0, 0.1) is 0 Å². The zero-order chi connectivity index (χ0) is 16.7. The summed E-state index contributed by atoms with van der Waals surface area (Å²) in [6.07, 6.45) is 1.96. The molecule has 0 radical (unpaired) electrons. The minimum absolute atomic E-state index is 0.0620. The predicted molar refractivity (Wildman–Crippen MR) is 93.0 cm³/mol. The number of benzene rings is 1. The van der Waals surface area contributed by atoms with Crippen molar-refractivity contribution in [2.75, 3.05) is 37.4 Å². The third-order valence-electron chi connectivity index (χ3n) is 3.22. The van der Waals surface area contributed by atoms with Crippen LogP contribution in [0.3, 0.4) is 0 Å². The van der Waals surface area contributed by atoms with Gasteiger partial charge in [0.2, 0.25) is 5.91 Å². The number of hydrogen-bond donors (Lipinski definition) is 2. The highest BCUT2D eigenvalue weighted by Gasteiger charge is 2.06. The number of nitrogens with one attached hydrogen (secondary N) is 2. The lowest BCUT2D eigenvalue weighted by atomic mass is 10.1. The average Bonchev–Trinajstić information content (AvgIpc) is 2.54. The molecule has 2 aromatic rings. The number of carbonyl (C=O) groups is 1. The zero-order valence-corrected chi connectivity index (χ0v) is 14.0. The summed E-state index contributed by atoms with van der Waals surface area (Å²) in [5, 5.41) is 14.5. The SMILES string of the molecule is CN(C)c1cnnc(NCCNC(=O)Cc2ccccc2Cl)c1. The van der Waals surface area contributed by atoms with E-state index in [0.717, 1.165) is 11.3 Å². The maximum absolute atomic E-state index is 11.9. The molecule has 0 unspecified atom stereocenters. The summed E-state index contributed by atoms with van der Waals surface area (Å²) >= 11 is 6.04. The number of anilines is 2. The van der Waals surface area contributed by atoms with Crippen molar-refractivity contribution in [3.8, 4) is 0 Å². The molecule has 0 spiro atoms. The van der Waals surface area contributed by atoms with Crippen LogP contribution in [0.5, 0.6) is 0 Å². The molecule has 0 saturated carbocycles. The van der Waals surface area contributed by atoms with Gasteiger partial charge < -0.3 is 15.5 Å². The quantitative estimate of drug-likeness (QED) is 0.758. The monoisotopic (exact) mass is 333 g/mol. The first-order valence-electron chi connectivity index (χ1n) is 7.30. The Morgan fingerprint density at radius 1 is 1.26 bits per heavy atom. The zero-order valence-electron chi connectivity index (χ0n) is 13.2. The molecule has 0 saturated heterocycles. The molecular formula is C16H20ClN5O. The summed E-state index contributed by atoms with van der Waals surface area (Å²) in [5.41, 5.74) is 1.79. The van der Waals surface area contributed by atoms with E-state index in [0.29, 0.717) is 23.9 Å². The molecule has 0 aliphatic rings. The molecule has 0 bridgehead atoms. The molecule has 2 rings (SSSR count). The summed E-state index contributed by atoms with van der Waals surface area (Å²) in [6, 6.07) is 9.24. The fraction of sp³-hybridized carbons (Fsp3) is 0.312. The fourth-order valence-electron chi connectivity index (χ4n) is 1.96. The van der Waals surface area contributed by atoms with Crippen LogP contribution in [-0.4, -0.2) is 43.3 Å². The summed E-state index contributed by atoms with van der Waals surface area (Å²) in [4.78, 5) is 13.8. The maximum Gasteiger partial charge on any atom is 0.224 e. The van der Waals surface area contributed by atoms with Crippen LogP contribution in [0.15, 0.2) is 36.5 Å².